The summed E-state index contributed by atoms with van der Waals surface area (Å²) in [6, 6.07) is 9.38. The van der Waals surface area contributed by atoms with E-state index in [2.05, 4.69) is 11.4 Å². The summed E-state index contributed by atoms with van der Waals surface area (Å²) in [4.78, 5) is 28.3. The van der Waals surface area contributed by atoms with E-state index in [0.717, 1.165) is 18.4 Å². The molecule has 2 rings (SSSR count). The summed E-state index contributed by atoms with van der Waals surface area (Å²) in [5.74, 6) is -0.125. The summed E-state index contributed by atoms with van der Waals surface area (Å²) in [7, 11) is 1.77. The number of nitrogens with zero attached hydrogens (tertiary/aromatic N) is 3. The highest BCUT2D eigenvalue weighted by Gasteiger charge is 2.30. The van der Waals surface area contributed by atoms with Crippen LogP contribution >= 0.6 is 0 Å². The molecule has 6 nitrogen and oxygen atoms in total. The first-order valence-corrected chi connectivity index (χ1v) is 8.70. The van der Waals surface area contributed by atoms with Gasteiger partial charge in [0.15, 0.2) is 0 Å². The monoisotopic (exact) mass is 342 g/mol. The highest BCUT2D eigenvalue weighted by atomic mass is 16.2. The number of hydrogen-bond acceptors (Lipinski definition) is 3. The minimum absolute atomic E-state index is 0.0457. The second-order valence-corrected chi connectivity index (χ2v) is 6.90. The lowest BCUT2D eigenvalue weighted by molar-refractivity contribution is -0.136. The maximum Gasteiger partial charge on any atom is 0.317 e. The summed E-state index contributed by atoms with van der Waals surface area (Å²) in [6.45, 7) is 5.46. The van der Waals surface area contributed by atoms with Gasteiger partial charge < -0.3 is 15.1 Å². The fraction of sp³-hybridized carbons (Fsp3) is 0.526. The fourth-order valence-electron chi connectivity index (χ4n) is 3.10. The van der Waals surface area contributed by atoms with Gasteiger partial charge in [0.25, 0.3) is 0 Å². The Morgan fingerprint density at radius 1 is 1.44 bits per heavy atom. The summed E-state index contributed by atoms with van der Waals surface area (Å²) in [5.41, 5.74) is 1.52. The predicted molar refractivity (Wildman–Crippen MR) is 95.6 cm³/mol. The molecular weight excluding hydrogens is 316 g/mol. The van der Waals surface area contributed by atoms with Gasteiger partial charge in [0, 0.05) is 32.7 Å². The first-order valence-electron chi connectivity index (χ1n) is 8.70. The van der Waals surface area contributed by atoms with Gasteiger partial charge in [-0.25, -0.2) is 4.79 Å². The van der Waals surface area contributed by atoms with Crippen molar-refractivity contribution < 1.29 is 9.59 Å². The van der Waals surface area contributed by atoms with Crippen LogP contribution in [0.2, 0.25) is 0 Å². The molecule has 0 radical (unpaired) electrons. The molecule has 0 spiro atoms. The third-order valence-electron chi connectivity index (χ3n) is 4.32. The van der Waals surface area contributed by atoms with Crippen molar-refractivity contribution >= 4 is 11.9 Å². The fourth-order valence-corrected chi connectivity index (χ4v) is 3.10. The Kier molecular flexibility index (Phi) is 6.40. The Balaban J connectivity index is 1.96. The van der Waals surface area contributed by atoms with Crippen LogP contribution in [0.4, 0.5) is 4.79 Å². The van der Waals surface area contributed by atoms with Gasteiger partial charge >= 0.3 is 6.03 Å². The van der Waals surface area contributed by atoms with Crippen molar-refractivity contribution in [3.8, 4) is 6.07 Å². The van der Waals surface area contributed by atoms with Crippen LogP contribution in [0.15, 0.2) is 24.3 Å². The minimum Gasteiger partial charge on any atom is -0.341 e. The molecule has 1 aromatic carbocycles. The second kappa shape index (κ2) is 8.52. The molecule has 1 heterocycles. The van der Waals surface area contributed by atoms with Crippen LogP contribution in [-0.2, 0) is 11.3 Å². The van der Waals surface area contributed by atoms with Crippen molar-refractivity contribution in [2.45, 2.75) is 39.3 Å². The maximum atomic E-state index is 12.7. The van der Waals surface area contributed by atoms with Gasteiger partial charge in [0.1, 0.15) is 0 Å². The van der Waals surface area contributed by atoms with E-state index in [9.17, 15) is 9.59 Å². The Hall–Kier alpha value is -2.55. The van der Waals surface area contributed by atoms with E-state index >= 15 is 0 Å². The molecule has 0 bridgehead atoms. The SMILES string of the molecule is CC(C)NC(=O)N1CCCC(C(=O)N(C)Cc2cccc(C#N)c2)C1. The van der Waals surface area contributed by atoms with Crippen LogP contribution in [-0.4, -0.2) is 47.9 Å². The van der Waals surface area contributed by atoms with E-state index < -0.39 is 0 Å². The quantitative estimate of drug-likeness (QED) is 0.912. The number of carbonyl (C=O) groups excluding carboxylic acids is 2. The number of carbonyl (C=O) groups is 2. The third-order valence-corrected chi connectivity index (χ3v) is 4.32. The molecule has 1 N–H and O–H groups in total. The van der Waals surface area contributed by atoms with Gasteiger partial charge in [0.2, 0.25) is 5.91 Å². The zero-order chi connectivity index (χ0) is 18.4. The summed E-state index contributed by atoms with van der Waals surface area (Å²) < 4.78 is 0. The van der Waals surface area contributed by atoms with Crippen LogP contribution in [0, 0.1) is 17.2 Å². The van der Waals surface area contributed by atoms with Gasteiger partial charge in [-0.3, -0.25) is 4.79 Å². The van der Waals surface area contributed by atoms with Crippen molar-refractivity contribution in [2.75, 3.05) is 20.1 Å². The Morgan fingerprint density at radius 3 is 2.88 bits per heavy atom. The number of nitriles is 1. The normalized spacial score (nSPS) is 17.1. The molecule has 1 atom stereocenters. The van der Waals surface area contributed by atoms with Gasteiger partial charge in [-0.15, -0.1) is 0 Å². The number of hydrogen-bond donors (Lipinski definition) is 1. The lowest BCUT2D eigenvalue weighted by Crippen LogP contribution is -2.50. The van der Waals surface area contributed by atoms with Crippen molar-refractivity contribution in [3.63, 3.8) is 0 Å². The minimum atomic E-state index is -0.171. The number of urea groups is 1. The van der Waals surface area contributed by atoms with Crippen LogP contribution in [0.1, 0.15) is 37.8 Å². The lowest BCUT2D eigenvalue weighted by atomic mass is 9.96. The Bertz CT molecular complexity index is 666. The second-order valence-electron chi connectivity index (χ2n) is 6.90. The van der Waals surface area contributed by atoms with Crippen molar-refractivity contribution in [1.82, 2.24) is 15.1 Å². The summed E-state index contributed by atoms with van der Waals surface area (Å²) in [6.07, 6.45) is 1.63. The highest BCUT2D eigenvalue weighted by Crippen LogP contribution is 2.20. The number of amides is 3. The first-order chi connectivity index (χ1) is 11.9. The molecule has 1 saturated heterocycles. The Morgan fingerprint density at radius 2 is 2.20 bits per heavy atom. The molecule has 0 aromatic heterocycles. The van der Waals surface area contributed by atoms with E-state index in [1.165, 1.54) is 0 Å². The smallest absolute Gasteiger partial charge is 0.317 e. The molecule has 1 unspecified atom stereocenters. The van der Waals surface area contributed by atoms with Crippen molar-refractivity contribution in [2.24, 2.45) is 5.92 Å². The molecule has 3 amide bonds. The van der Waals surface area contributed by atoms with E-state index in [0.29, 0.717) is 25.2 Å². The van der Waals surface area contributed by atoms with Gasteiger partial charge in [-0.1, -0.05) is 12.1 Å². The van der Waals surface area contributed by atoms with Crippen LogP contribution < -0.4 is 5.32 Å². The maximum absolute atomic E-state index is 12.7. The molecule has 1 aliphatic rings. The zero-order valence-electron chi connectivity index (χ0n) is 15.2. The molecule has 0 aliphatic carbocycles. The van der Waals surface area contributed by atoms with Crippen LogP contribution in [0.5, 0.6) is 0 Å². The summed E-state index contributed by atoms with van der Waals surface area (Å²) in [5, 5.41) is 11.9. The molecule has 134 valence electrons. The topological polar surface area (TPSA) is 76.4 Å². The standard InChI is InChI=1S/C19H26N4O2/c1-14(2)21-19(25)23-9-5-8-17(13-23)18(24)22(3)12-16-7-4-6-15(10-16)11-20/h4,6-7,10,14,17H,5,8-9,12-13H2,1-3H3,(H,21,25). The molecular formula is C19H26N4O2. The van der Waals surface area contributed by atoms with Crippen molar-refractivity contribution in [1.29, 1.82) is 5.26 Å². The molecule has 0 saturated carbocycles. The van der Waals surface area contributed by atoms with Gasteiger partial charge in [0.05, 0.1) is 17.6 Å². The average molecular weight is 342 g/mol. The number of rotatable bonds is 4. The molecule has 1 aromatic rings. The number of benzene rings is 1. The molecule has 6 heteroatoms. The van der Waals surface area contributed by atoms with Gasteiger partial charge in [-0.2, -0.15) is 5.26 Å². The van der Waals surface area contributed by atoms with E-state index in [4.69, 9.17) is 5.26 Å². The van der Waals surface area contributed by atoms with Crippen LogP contribution in [0.25, 0.3) is 0 Å². The van der Waals surface area contributed by atoms with E-state index in [1.807, 2.05) is 26.0 Å². The first kappa shape index (κ1) is 18.8. The third kappa shape index (κ3) is 5.21. The number of nitrogens with one attached hydrogen (secondary N) is 1. The zero-order valence-corrected chi connectivity index (χ0v) is 15.2. The van der Waals surface area contributed by atoms with Crippen molar-refractivity contribution in [3.05, 3.63) is 35.4 Å². The number of likely N-dealkylation sites (tertiary alicyclic amines) is 1. The average Bonchev–Trinajstić information content (AvgIpc) is 2.60. The lowest BCUT2D eigenvalue weighted by Gasteiger charge is -2.34. The Labute approximate surface area is 149 Å². The van der Waals surface area contributed by atoms with E-state index in [-0.39, 0.29) is 23.9 Å². The highest BCUT2D eigenvalue weighted by molar-refractivity contribution is 5.80. The number of piperidine rings is 1. The largest absolute Gasteiger partial charge is 0.341 e. The van der Waals surface area contributed by atoms with Gasteiger partial charge in [-0.05, 0) is 44.4 Å². The molecule has 25 heavy (non-hydrogen) atoms. The molecule has 1 fully saturated rings. The van der Waals surface area contributed by atoms with E-state index in [1.54, 1.807) is 29.0 Å². The van der Waals surface area contributed by atoms with Crippen LogP contribution in [0.3, 0.4) is 0 Å². The predicted octanol–water partition coefficient (Wildman–Crippen LogP) is 2.35. The molecule has 1 aliphatic heterocycles. The summed E-state index contributed by atoms with van der Waals surface area (Å²) >= 11 is 0.